The van der Waals surface area contributed by atoms with E-state index in [2.05, 4.69) is 25.8 Å². The van der Waals surface area contributed by atoms with Gasteiger partial charge in [-0.05, 0) is 30.7 Å². The van der Waals surface area contributed by atoms with E-state index >= 15 is 0 Å². The third-order valence-corrected chi connectivity index (χ3v) is 2.90. The van der Waals surface area contributed by atoms with Crippen molar-refractivity contribution in [1.82, 2.24) is 4.98 Å². The number of aryl methyl sites for hydroxylation is 2. The van der Waals surface area contributed by atoms with E-state index in [4.69, 9.17) is 10.5 Å². The van der Waals surface area contributed by atoms with E-state index in [0.717, 1.165) is 37.2 Å². The first-order valence-corrected chi connectivity index (χ1v) is 6.79. The van der Waals surface area contributed by atoms with E-state index in [1.165, 1.54) is 0 Å². The second kappa shape index (κ2) is 6.87. The molecule has 19 heavy (non-hydrogen) atoms. The number of aromatic nitrogens is 1. The Labute approximate surface area is 116 Å². The second-order valence-corrected chi connectivity index (χ2v) is 6.12. The van der Waals surface area contributed by atoms with Crippen molar-refractivity contribution in [3.63, 3.8) is 0 Å². The number of ether oxygens (including phenoxy) is 1. The lowest BCUT2D eigenvalue weighted by Gasteiger charge is -2.18. The molecule has 0 radical (unpaired) electrons. The summed E-state index contributed by atoms with van der Waals surface area (Å²) < 4.78 is 5.63. The highest BCUT2D eigenvalue weighted by Gasteiger charge is 2.11. The van der Waals surface area contributed by atoms with E-state index in [-0.39, 0.29) is 11.2 Å². The maximum absolute atomic E-state index is 9.91. The second-order valence-electron chi connectivity index (χ2n) is 6.12. The Bertz CT molecular complexity index is 411. The molecule has 1 rings (SSSR count). The minimum Gasteiger partial charge on any atom is -0.506 e. The Kier molecular flexibility index (Phi) is 5.76. The topological polar surface area (TPSA) is 68.4 Å². The van der Waals surface area contributed by atoms with Gasteiger partial charge in [-0.1, -0.05) is 20.8 Å². The predicted octanol–water partition coefficient (Wildman–Crippen LogP) is 2.55. The molecule has 4 heteroatoms. The molecule has 0 aliphatic rings. The van der Waals surface area contributed by atoms with Gasteiger partial charge in [0, 0.05) is 24.9 Å². The zero-order valence-electron chi connectivity index (χ0n) is 12.5. The zero-order chi connectivity index (χ0) is 14.5. The standard InChI is InChI=1S/C15H26N2O2/c1-11-14(18)13(8-16)12(9-17-11)6-5-7-19-10-15(2,3)4/h9,18H,5-8,10,16H2,1-4H3. The van der Waals surface area contributed by atoms with Gasteiger partial charge >= 0.3 is 0 Å². The largest absolute Gasteiger partial charge is 0.506 e. The smallest absolute Gasteiger partial charge is 0.141 e. The molecule has 0 unspecified atom stereocenters. The fourth-order valence-corrected chi connectivity index (χ4v) is 1.87. The average molecular weight is 266 g/mol. The lowest BCUT2D eigenvalue weighted by Crippen LogP contribution is -2.15. The number of rotatable bonds is 6. The van der Waals surface area contributed by atoms with Gasteiger partial charge in [-0.2, -0.15) is 0 Å². The summed E-state index contributed by atoms with van der Waals surface area (Å²) in [7, 11) is 0. The van der Waals surface area contributed by atoms with Crippen LogP contribution in [-0.4, -0.2) is 23.3 Å². The van der Waals surface area contributed by atoms with Crippen molar-refractivity contribution in [1.29, 1.82) is 0 Å². The van der Waals surface area contributed by atoms with Gasteiger partial charge in [0.15, 0.2) is 0 Å². The van der Waals surface area contributed by atoms with E-state index in [9.17, 15) is 5.11 Å². The first kappa shape index (κ1) is 15.9. The minimum atomic E-state index is 0.200. The van der Waals surface area contributed by atoms with Gasteiger partial charge in [-0.3, -0.25) is 4.98 Å². The van der Waals surface area contributed by atoms with E-state index in [1.807, 2.05) is 0 Å². The Hall–Kier alpha value is -1.13. The number of pyridine rings is 1. The van der Waals surface area contributed by atoms with Crippen LogP contribution in [-0.2, 0) is 17.7 Å². The third-order valence-electron chi connectivity index (χ3n) is 2.90. The first-order chi connectivity index (χ1) is 8.85. The number of hydrogen-bond acceptors (Lipinski definition) is 4. The molecular formula is C15H26N2O2. The molecule has 4 nitrogen and oxygen atoms in total. The third kappa shape index (κ3) is 5.17. The molecule has 0 amide bonds. The number of nitrogens with zero attached hydrogens (tertiary/aromatic N) is 1. The maximum atomic E-state index is 9.91. The fraction of sp³-hybridized carbons (Fsp3) is 0.667. The number of nitrogens with two attached hydrogens (primary N) is 1. The van der Waals surface area contributed by atoms with Crippen molar-refractivity contribution < 1.29 is 9.84 Å². The molecule has 0 atom stereocenters. The summed E-state index contributed by atoms with van der Waals surface area (Å²) in [6.45, 7) is 10.1. The van der Waals surface area contributed by atoms with Gasteiger partial charge in [0.1, 0.15) is 5.75 Å². The van der Waals surface area contributed by atoms with Crippen molar-refractivity contribution in [3.05, 3.63) is 23.0 Å². The summed E-state index contributed by atoms with van der Waals surface area (Å²) in [5.41, 5.74) is 8.35. The minimum absolute atomic E-state index is 0.200. The van der Waals surface area contributed by atoms with Crippen molar-refractivity contribution in [2.45, 2.75) is 47.1 Å². The van der Waals surface area contributed by atoms with Gasteiger partial charge in [0.05, 0.1) is 12.3 Å². The van der Waals surface area contributed by atoms with Crippen LogP contribution in [0, 0.1) is 12.3 Å². The van der Waals surface area contributed by atoms with Crippen LogP contribution < -0.4 is 5.73 Å². The summed E-state index contributed by atoms with van der Waals surface area (Å²) in [5, 5.41) is 9.91. The van der Waals surface area contributed by atoms with Gasteiger partial charge < -0.3 is 15.6 Å². The Morgan fingerprint density at radius 2 is 2.05 bits per heavy atom. The van der Waals surface area contributed by atoms with Crippen LogP contribution in [0.25, 0.3) is 0 Å². The highest BCUT2D eigenvalue weighted by atomic mass is 16.5. The van der Waals surface area contributed by atoms with E-state index in [1.54, 1.807) is 13.1 Å². The van der Waals surface area contributed by atoms with Gasteiger partial charge in [0.2, 0.25) is 0 Å². The average Bonchev–Trinajstić information content (AvgIpc) is 2.32. The summed E-state index contributed by atoms with van der Waals surface area (Å²) in [6.07, 6.45) is 3.55. The Balaban J connectivity index is 2.48. The zero-order valence-corrected chi connectivity index (χ0v) is 12.5. The highest BCUT2D eigenvalue weighted by Crippen LogP contribution is 2.24. The Morgan fingerprint density at radius 1 is 1.37 bits per heavy atom. The van der Waals surface area contributed by atoms with Crippen LogP contribution in [0.5, 0.6) is 5.75 Å². The van der Waals surface area contributed by atoms with E-state index in [0.29, 0.717) is 12.2 Å². The molecule has 3 N–H and O–H groups in total. The van der Waals surface area contributed by atoms with Crippen molar-refractivity contribution in [3.8, 4) is 5.75 Å². The lowest BCUT2D eigenvalue weighted by atomic mass is 9.99. The quantitative estimate of drug-likeness (QED) is 0.776. The summed E-state index contributed by atoms with van der Waals surface area (Å²) in [6, 6.07) is 0. The molecule has 108 valence electrons. The van der Waals surface area contributed by atoms with Crippen LogP contribution in [0.2, 0.25) is 0 Å². The van der Waals surface area contributed by atoms with Crippen LogP contribution in [0.1, 0.15) is 44.0 Å². The molecule has 0 bridgehead atoms. The van der Waals surface area contributed by atoms with Crippen LogP contribution >= 0.6 is 0 Å². The first-order valence-electron chi connectivity index (χ1n) is 6.79. The SMILES string of the molecule is Cc1ncc(CCCOCC(C)(C)C)c(CN)c1O. The summed E-state index contributed by atoms with van der Waals surface area (Å²) >= 11 is 0. The molecule has 1 aromatic heterocycles. The van der Waals surface area contributed by atoms with Gasteiger partial charge in [-0.25, -0.2) is 0 Å². The fourth-order valence-electron chi connectivity index (χ4n) is 1.87. The molecule has 1 heterocycles. The molecule has 0 aliphatic heterocycles. The van der Waals surface area contributed by atoms with Crippen LogP contribution in [0.3, 0.4) is 0 Å². The monoisotopic (exact) mass is 266 g/mol. The number of aromatic hydroxyl groups is 1. The molecular weight excluding hydrogens is 240 g/mol. The predicted molar refractivity (Wildman–Crippen MR) is 77.1 cm³/mol. The van der Waals surface area contributed by atoms with Crippen molar-refractivity contribution in [2.75, 3.05) is 13.2 Å². The Morgan fingerprint density at radius 3 is 2.63 bits per heavy atom. The molecule has 0 aromatic carbocycles. The summed E-state index contributed by atoms with van der Waals surface area (Å²) in [4.78, 5) is 4.18. The van der Waals surface area contributed by atoms with Gasteiger partial charge in [-0.15, -0.1) is 0 Å². The molecule has 0 aliphatic carbocycles. The van der Waals surface area contributed by atoms with Crippen LogP contribution in [0.4, 0.5) is 0 Å². The molecule has 0 fully saturated rings. The highest BCUT2D eigenvalue weighted by molar-refractivity contribution is 5.40. The normalized spacial score (nSPS) is 11.8. The molecule has 1 aromatic rings. The van der Waals surface area contributed by atoms with Crippen molar-refractivity contribution >= 4 is 0 Å². The molecule has 0 spiro atoms. The van der Waals surface area contributed by atoms with Crippen molar-refractivity contribution in [2.24, 2.45) is 11.1 Å². The van der Waals surface area contributed by atoms with Crippen LogP contribution in [0.15, 0.2) is 6.20 Å². The maximum Gasteiger partial charge on any atom is 0.141 e. The molecule has 0 saturated carbocycles. The lowest BCUT2D eigenvalue weighted by molar-refractivity contribution is 0.0698. The number of hydrogen-bond donors (Lipinski definition) is 2. The van der Waals surface area contributed by atoms with E-state index < -0.39 is 0 Å². The summed E-state index contributed by atoms with van der Waals surface area (Å²) in [5.74, 6) is 0.232. The van der Waals surface area contributed by atoms with Gasteiger partial charge in [0.25, 0.3) is 0 Å². The molecule has 0 saturated heterocycles.